The van der Waals surface area contributed by atoms with Crippen molar-refractivity contribution in [2.75, 3.05) is 0 Å². The second-order valence-corrected chi connectivity index (χ2v) is 4.37. The zero-order chi connectivity index (χ0) is 14.0. The molecule has 1 unspecified atom stereocenters. The maximum atomic E-state index is 13.8. The van der Waals surface area contributed by atoms with E-state index >= 15 is 0 Å². The molecule has 0 aliphatic heterocycles. The summed E-state index contributed by atoms with van der Waals surface area (Å²) in [6.45, 7) is 3.28. The summed E-state index contributed by atoms with van der Waals surface area (Å²) < 4.78 is 32.7. The van der Waals surface area contributed by atoms with Crippen LogP contribution in [0, 0.1) is 18.6 Å². The lowest BCUT2D eigenvalue weighted by atomic mass is 10.1. The third kappa shape index (κ3) is 2.90. The first-order valence-corrected chi connectivity index (χ1v) is 5.89. The minimum atomic E-state index is -0.904. The second kappa shape index (κ2) is 5.36. The maximum absolute atomic E-state index is 13.8. The molecule has 0 amide bonds. The largest absolute Gasteiger partial charge is 0.451 e. The molecule has 100 valence electrons. The first kappa shape index (κ1) is 13.5. The highest BCUT2D eigenvalue weighted by molar-refractivity contribution is 5.41. The van der Waals surface area contributed by atoms with Gasteiger partial charge in [0, 0.05) is 5.56 Å². The second-order valence-electron chi connectivity index (χ2n) is 4.37. The van der Waals surface area contributed by atoms with E-state index in [0.717, 1.165) is 5.56 Å². The Balaban J connectivity index is 2.46. The molecule has 19 heavy (non-hydrogen) atoms. The number of hydrogen-bond donors (Lipinski definition) is 1. The van der Waals surface area contributed by atoms with Gasteiger partial charge in [0.25, 0.3) is 0 Å². The third-order valence-electron chi connectivity index (χ3n) is 2.75. The van der Waals surface area contributed by atoms with Crippen LogP contribution in [0.25, 0.3) is 0 Å². The quantitative estimate of drug-likeness (QED) is 0.903. The first-order valence-electron chi connectivity index (χ1n) is 5.89. The van der Waals surface area contributed by atoms with Gasteiger partial charge in [-0.25, -0.2) is 8.78 Å². The normalized spacial score (nSPS) is 12.3. The molecule has 0 fully saturated rings. The van der Waals surface area contributed by atoms with Crippen molar-refractivity contribution in [1.29, 1.82) is 0 Å². The maximum Gasteiger partial charge on any atom is 0.168 e. The van der Waals surface area contributed by atoms with Crippen LogP contribution in [0.3, 0.4) is 0 Å². The van der Waals surface area contributed by atoms with E-state index in [1.165, 1.54) is 37.3 Å². The summed E-state index contributed by atoms with van der Waals surface area (Å²) in [6, 6.07) is 8.54. The Morgan fingerprint density at radius 3 is 2.53 bits per heavy atom. The highest BCUT2D eigenvalue weighted by atomic mass is 19.1. The van der Waals surface area contributed by atoms with E-state index in [0.29, 0.717) is 0 Å². The van der Waals surface area contributed by atoms with Crippen LogP contribution in [0.2, 0.25) is 0 Å². The Morgan fingerprint density at radius 1 is 1.11 bits per heavy atom. The van der Waals surface area contributed by atoms with Crippen LogP contribution in [-0.4, -0.2) is 5.11 Å². The molecule has 2 rings (SSSR count). The topological polar surface area (TPSA) is 29.5 Å². The zero-order valence-electron chi connectivity index (χ0n) is 10.7. The van der Waals surface area contributed by atoms with Crippen molar-refractivity contribution in [3.8, 4) is 11.5 Å². The van der Waals surface area contributed by atoms with Gasteiger partial charge in [0.2, 0.25) is 0 Å². The minimum Gasteiger partial charge on any atom is -0.451 e. The number of para-hydroxylation sites is 1. The summed E-state index contributed by atoms with van der Waals surface area (Å²) in [6.07, 6.45) is -0.904. The molecule has 0 saturated heterocycles. The van der Waals surface area contributed by atoms with Gasteiger partial charge in [0.1, 0.15) is 0 Å². The van der Waals surface area contributed by atoms with Gasteiger partial charge in [-0.1, -0.05) is 18.2 Å². The van der Waals surface area contributed by atoms with Gasteiger partial charge in [-0.05, 0) is 37.6 Å². The fraction of sp³-hybridized carbons (Fsp3) is 0.200. The molecular weight excluding hydrogens is 250 g/mol. The molecule has 0 radical (unpaired) electrons. The average molecular weight is 264 g/mol. The van der Waals surface area contributed by atoms with Crippen molar-refractivity contribution in [2.45, 2.75) is 20.0 Å². The first-order chi connectivity index (χ1) is 8.99. The van der Waals surface area contributed by atoms with Crippen molar-refractivity contribution in [2.24, 2.45) is 0 Å². The van der Waals surface area contributed by atoms with Crippen LogP contribution in [-0.2, 0) is 0 Å². The molecule has 0 aromatic heterocycles. The number of ether oxygens (including phenoxy) is 1. The standard InChI is InChI=1S/C15H14F2O2/c1-9-6-7-12(16)14(8-9)19-15-11(10(2)18)4-3-5-13(15)17/h3-8,10,18H,1-2H3. The van der Waals surface area contributed by atoms with E-state index in [-0.39, 0.29) is 17.1 Å². The van der Waals surface area contributed by atoms with Crippen molar-refractivity contribution in [1.82, 2.24) is 0 Å². The fourth-order valence-electron chi connectivity index (χ4n) is 1.76. The number of aliphatic hydroxyl groups excluding tert-OH is 1. The van der Waals surface area contributed by atoms with E-state index in [9.17, 15) is 13.9 Å². The van der Waals surface area contributed by atoms with Crippen LogP contribution >= 0.6 is 0 Å². The zero-order valence-corrected chi connectivity index (χ0v) is 10.7. The molecule has 2 aromatic rings. The lowest BCUT2D eigenvalue weighted by Crippen LogP contribution is -2.00. The van der Waals surface area contributed by atoms with Gasteiger partial charge in [0.15, 0.2) is 23.1 Å². The lowest BCUT2D eigenvalue weighted by molar-refractivity contribution is 0.194. The molecule has 0 heterocycles. The van der Waals surface area contributed by atoms with Gasteiger partial charge < -0.3 is 9.84 Å². The number of halogens is 2. The number of aliphatic hydroxyl groups is 1. The lowest BCUT2D eigenvalue weighted by Gasteiger charge is -2.14. The van der Waals surface area contributed by atoms with Crippen molar-refractivity contribution in [3.63, 3.8) is 0 Å². The number of hydrogen-bond acceptors (Lipinski definition) is 2. The number of rotatable bonds is 3. The van der Waals surface area contributed by atoms with Crippen molar-refractivity contribution >= 4 is 0 Å². The Kier molecular flexibility index (Phi) is 3.81. The SMILES string of the molecule is Cc1ccc(F)c(Oc2c(F)cccc2C(C)O)c1. The van der Waals surface area contributed by atoms with Crippen LogP contribution < -0.4 is 4.74 Å². The molecule has 4 heteroatoms. The third-order valence-corrected chi connectivity index (χ3v) is 2.75. The van der Waals surface area contributed by atoms with Gasteiger partial charge in [-0.15, -0.1) is 0 Å². The van der Waals surface area contributed by atoms with E-state index in [4.69, 9.17) is 4.74 Å². The summed E-state index contributed by atoms with van der Waals surface area (Å²) in [4.78, 5) is 0. The molecule has 2 nitrogen and oxygen atoms in total. The summed E-state index contributed by atoms with van der Waals surface area (Å²) in [5, 5.41) is 9.59. The highest BCUT2D eigenvalue weighted by Crippen LogP contribution is 2.33. The van der Waals surface area contributed by atoms with Gasteiger partial charge in [-0.2, -0.15) is 0 Å². The van der Waals surface area contributed by atoms with Crippen molar-refractivity contribution < 1.29 is 18.6 Å². The number of benzene rings is 2. The summed E-state index contributed by atoms with van der Waals surface area (Å²) >= 11 is 0. The minimum absolute atomic E-state index is 0.0630. The van der Waals surface area contributed by atoms with Crippen LogP contribution in [0.5, 0.6) is 11.5 Å². The highest BCUT2D eigenvalue weighted by Gasteiger charge is 2.16. The van der Waals surface area contributed by atoms with Gasteiger partial charge >= 0.3 is 0 Å². The predicted octanol–water partition coefficient (Wildman–Crippen LogP) is 4.12. The van der Waals surface area contributed by atoms with E-state index in [2.05, 4.69) is 0 Å². The molecule has 0 aliphatic carbocycles. The summed E-state index contributed by atoms with van der Waals surface area (Å²) in [5.74, 6) is -1.43. The smallest absolute Gasteiger partial charge is 0.168 e. The Labute approximate surface area is 110 Å². The molecular formula is C15H14F2O2. The Morgan fingerprint density at radius 2 is 1.84 bits per heavy atom. The Hall–Kier alpha value is -1.94. The number of aryl methyl sites for hydroxylation is 1. The molecule has 0 saturated carbocycles. The van der Waals surface area contributed by atoms with Crippen LogP contribution in [0.1, 0.15) is 24.2 Å². The Bertz CT molecular complexity index is 595. The predicted molar refractivity (Wildman–Crippen MR) is 68.2 cm³/mol. The fourth-order valence-corrected chi connectivity index (χ4v) is 1.76. The van der Waals surface area contributed by atoms with E-state index in [1.54, 1.807) is 13.0 Å². The van der Waals surface area contributed by atoms with Crippen LogP contribution in [0.15, 0.2) is 36.4 Å². The van der Waals surface area contributed by atoms with Gasteiger partial charge in [0.05, 0.1) is 6.10 Å². The van der Waals surface area contributed by atoms with Crippen LogP contribution in [0.4, 0.5) is 8.78 Å². The average Bonchev–Trinajstić information content (AvgIpc) is 2.35. The monoisotopic (exact) mass is 264 g/mol. The van der Waals surface area contributed by atoms with E-state index in [1.807, 2.05) is 0 Å². The molecule has 0 bridgehead atoms. The molecule has 2 aromatic carbocycles. The van der Waals surface area contributed by atoms with E-state index < -0.39 is 17.7 Å². The van der Waals surface area contributed by atoms with Crippen molar-refractivity contribution in [3.05, 3.63) is 59.2 Å². The summed E-state index contributed by atoms with van der Waals surface area (Å²) in [7, 11) is 0. The molecule has 0 aliphatic rings. The molecule has 1 atom stereocenters. The summed E-state index contributed by atoms with van der Waals surface area (Å²) in [5.41, 5.74) is 1.08. The molecule has 1 N–H and O–H groups in total. The molecule has 0 spiro atoms. The van der Waals surface area contributed by atoms with Gasteiger partial charge in [-0.3, -0.25) is 0 Å².